The van der Waals surface area contributed by atoms with E-state index in [1.165, 1.54) is 6.26 Å². The fourth-order valence-corrected chi connectivity index (χ4v) is 1.74. The van der Waals surface area contributed by atoms with E-state index in [0.717, 1.165) is 0 Å². The van der Waals surface area contributed by atoms with Crippen molar-refractivity contribution >= 4 is 26.9 Å². The van der Waals surface area contributed by atoms with Crippen LogP contribution in [-0.4, -0.2) is 6.10 Å². The van der Waals surface area contributed by atoms with Gasteiger partial charge in [-0.05, 0) is 41.9 Å². The van der Waals surface area contributed by atoms with E-state index in [0.29, 0.717) is 21.2 Å². The molecule has 0 radical (unpaired) electrons. The normalized spacial score (nSPS) is 11.0. The van der Waals surface area contributed by atoms with Crippen molar-refractivity contribution in [2.45, 2.75) is 20.0 Å². The zero-order valence-electron chi connectivity index (χ0n) is 8.99. The lowest BCUT2D eigenvalue weighted by Crippen LogP contribution is -2.06. The van der Waals surface area contributed by atoms with Gasteiger partial charge in [0.1, 0.15) is 22.1 Å². The highest BCUT2D eigenvalue weighted by Gasteiger charge is 2.06. The first-order valence-electron chi connectivity index (χ1n) is 4.95. The Morgan fingerprint density at radius 2 is 2.12 bits per heavy atom. The van der Waals surface area contributed by atoms with Gasteiger partial charge in [-0.2, -0.15) is 0 Å². The Balaban J connectivity index is 2.56. The lowest BCUT2D eigenvalue weighted by Gasteiger charge is -2.09. The molecule has 0 amide bonds. The van der Waals surface area contributed by atoms with Crippen LogP contribution >= 0.6 is 15.9 Å². The molecule has 0 aliphatic rings. The second-order valence-corrected chi connectivity index (χ2v) is 4.59. The molecular formula is C12H11BrO3. The number of hydrogen-bond acceptors (Lipinski definition) is 3. The van der Waals surface area contributed by atoms with Gasteiger partial charge in [-0.15, -0.1) is 0 Å². The monoisotopic (exact) mass is 282 g/mol. The number of benzene rings is 1. The van der Waals surface area contributed by atoms with Gasteiger partial charge in [0.25, 0.3) is 0 Å². The van der Waals surface area contributed by atoms with Gasteiger partial charge >= 0.3 is 0 Å². The van der Waals surface area contributed by atoms with Gasteiger partial charge in [0, 0.05) is 6.07 Å². The maximum Gasteiger partial charge on any atom is 0.206 e. The molecule has 0 fully saturated rings. The van der Waals surface area contributed by atoms with Crippen LogP contribution in [0.3, 0.4) is 0 Å². The average molecular weight is 283 g/mol. The predicted octanol–water partition coefficient (Wildman–Crippen LogP) is 3.34. The van der Waals surface area contributed by atoms with Crippen LogP contribution in [0, 0.1) is 0 Å². The number of halogens is 1. The largest absolute Gasteiger partial charge is 0.491 e. The molecule has 0 N–H and O–H groups in total. The van der Waals surface area contributed by atoms with Crippen LogP contribution in [0.2, 0.25) is 0 Å². The molecule has 0 spiro atoms. The summed E-state index contributed by atoms with van der Waals surface area (Å²) < 4.78 is 11.3. The minimum Gasteiger partial charge on any atom is -0.491 e. The third kappa shape index (κ3) is 2.11. The van der Waals surface area contributed by atoms with E-state index in [2.05, 4.69) is 15.9 Å². The Kier molecular flexibility index (Phi) is 3.01. The summed E-state index contributed by atoms with van der Waals surface area (Å²) >= 11 is 3.14. The molecule has 0 saturated heterocycles. The molecule has 0 unspecified atom stereocenters. The van der Waals surface area contributed by atoms with Gasteiger partial charge in [-0.1, -0.05) is 0 Å². The maximum absolute atomic E-state index is 11.7. The molecule has 3 nitrogen and oxygen atoms in total. The topological polar surface area (TPSA) is 39.4 Å². The molecule has 16 heavy (non-hydrogen) atoms. The molecule has 4 heteroatoms. The second kappa shape index (κ2) is 4.29. The van der Waals surface area contributed by atoms with Crippen LogP contribution < -0.4 is 10.2 Å². The molecule has 1 heterocycles. The van der Waals surface area contributed by atoms with Gasteiger partial charge in [0.05, 0.1) is 11.5 Å². The van der Waals surface area contributed by atoms with Crippen LogP contribution in [-0.2, 0) is 0 Å². The van der Waals surface area contributed by atoms with E-state index in [4.69, 9.17) is 9.15 Å². The Morgan fingerprint density at radius 3 is 2.81 bits per heavy atom. The van der Waals surface area contributed by atoms with E-state index in [9.17, 15) is 4.79 Å². The first-order valence-corrected chi connectivity index (χ1v) is 5.75. The van der Waals surface area contributed by atoms with Crippen molar-refractivity contribution < 1.29 is 9.15 Å². The fourth-order valence-electron chi connectivity index (χ4n) is 1.43. The van der Waals surface area contributed by atoms with Gasteiger partial charge < -0.3 is 9.15 Å². The highest BCUT2D eigenvalue weighted by molar-refractivity contribution is 9.10. The lowest BCUT2D eigenvalue weighted by atomic mass is 10.2. The Morgan fingerprint density at radius 1 is 1.38 bits per heavy atom. The SMILES string of the molecule is CC(C)Oc1ccc2c(=O)c(Br)coc2c1. The van der Waals surface area contributed by atoms with Gasteiger partial charge in [-0.25, -0.2) is 0 Å². The van der Waals surface area contributed by atoms with Crippen LogP contribution in [0.5, 0.6) is 5.75 Å². The van der Waals surface area contributed by atoms with E-state index < -0.39 is 0 Å². The van der Waals surface area contributed by atoms with Crippen molar-refractivity contribution in [2.75, 3.05) is 0 Å². The molecule has 84 valence electrons. The summed E-state index contributed by atoms with van der Waals surface area (Å²) in [6.07, 6.45) is 1.49. The van der Waals surface area contributed by atoms with Crippen molar-refractivity contribution in [1.29, 1.82) is 0 Å². The van der Waals surface area contributed by atoms with Gasteiger partial charge in [-0.3, -0.25) is 4.79 Å². The molecule has 1 aromatic carbocycles. The summed E-state index contributed by atoms with van der Waals surface area (Å²) in [5, 5.41) is 0.547. The first kappa shape index (κ1) is 11.2. The van der Waals surface area contributed by atoms with Crippen molar-refractivity contribution in [2.24, 2.45) is 0 Å². The Bertz CT molecular complexity index is 572. The zero-order valence-corrected chi connectivity index (χ0v) is 10.6. The third-order valence-corrected chi connectivity index (χ3v) is 2.62. The van der Waals surface area contributed by atoms with Gasteiger partial charge in [0.15, 0.2) is 0 Å². The van der Waals surface area contributed by atoms with Crippen LogP contribution in [0.4, 0.5) is 0 Å². The average Bonchev–Trinajstić information content (AvgIpc) is 2.23. The first-order chi connectivity index (χ1) is 7.58. The summed E-state index contributed by atoms with van der Waals surface area (Å²) in [5.41, 5.74) is 0.462. The number of fused-ring (bicyclic) bond motifs is 1. The quantitative estimate of drug-likeness (QED) is 0.848. The maximum atomic E-state index is 11.7. The fraction of sp³-hybridized carbons (Fsp3) is 0.250. The molecule has 0 aliphatic carbocycles. The summed E-state index contributed by atoms with van der Waals surface area (Å²) in [6, 6.07) is 5.21. The molecule has 2 rings (SSSR count). The van der Waals surface area contributed by atoms with Crippen LogP contribution in [0.1, 0.15) is 13.8 Å². The number of ether oxygens (including phenoxy) is 1. The second-order valence-electron chi connectivity index (χ2n) is 3.74. The summed E-state index contributed by atoms with van der Waals surface area (Å²) in [5.74, 6) is 0.702. The van der Waals surface area contributed by atoms with Crippen LogP contribution in [0.25, 0.3) is 11.0 Å². The third-order valence-electron chi connectivity index (χ3n) is 2.08. The van der Waals surface area contributed by atoms with Crippen molar-refractivity contribution in [3.05, 3.63) is 39.2 Å². The predicted molar refractivity (Wildman–Crippen MR) is 65.9 cm³/mol. The lowest BCUT2D eigenvalue weighted by molar-refractivity contribution is 0.242. The van der Waals surface area contributed by atoms with Crippen molar-refractivity contribution in [3.63, 3.8) is 0 Å². The highest BCUT2D eigenvalue weighted by atomic mass is 79.9. The summed E-state index contributed by atoms with van der Waals surface area (Å²) in [7, 11) is 0. The minimum absolute atomic E-state index is 0.0719. The molecule has 0 aliphatic heterocycles. The molecule has 2 aromatic rings. The van der Waals surface area contributed by atoms with E-state index in [-0.39, 0.29) is 11.5 Å². The van der Waals surface area contributed by atoms with E-state index >= 15 is 0 Å². The molecular weight excluding hydrogens is 272 g/mol. The molecule has 0 atom stereocenters. The Hall–Kier alpha value is -1.29. The highest BCUT2D eigenvalue weighted by Crippen LogP contribution is 2.21. The zero-order chi connectivity index (χ0) is 11.7. The minimum atomic E-state index is -0.0719. The molecule has 1 aromatic heterocycles. The van der Waals surface area contributed by atoms with E-state index in [1.807, 2.05) is 13.8 Å². The van der Waals surface area contributed by atoms with E-state index in [1.54, 1.807) is 18.2 Å². The number of hydrogen-bond donors (Lipinski definition) is 0. The van der Waals surface area contributed by atoms with Gasteiger partial charge in [0.2, 0.25) is 5.43 Å². The molecule has 0 saturated carbocycles. The van der Waals surface area contributed by atoms with Crippen molar-refractivity contribution in [1.82, 2.24) is 0 Å². The summed E-state index contributed by atoms with van der Waals surface area (Å²) in [6.45, 7) is 3.89. The number of rotatable bonds is 2. The Labute approximate surface area is 101 Å². The standard InChI is InChI=1S/C12H11BrO3/c1-7(2)16-8-3-4-9-11(5-8)15-6-10(13)12(9)14/h3-7H,1-2H3. The summed E-state index contributed by atoms with van der Waals surface area (Å²) in [4.78, 5) is 11.7. The van der Waals surface area contributed by atoms with Crippen molar-refractivity contribution in [3.8, 4) is 5.75 Å². The molecule has 0 bridgehead atoms. The van der Waals surface area contributed by atoms with Crippen LogP contribution in [0.15, 0.2) is 38.1 Å². The smallest absolute Gasteiger partial charge is 0.206 e.